The molecule has 100 valence electrons. The molecule has 0 unspecified atom stereocenters. The molecule has 0 atom stereocenters. The molecule has 0 spiro atoms. The van der Waals surface area contributed by atoms with Crippen LogP contribution in [0.25, 0.3) is 22.5 Å². The Morgan fingerprint density at radius 2 is 1.85 bits per heavy atom. The molecule has 2 N–H and O–H groups in total. The molecule has 1 aromatic heterocycles. The predicted molar refractivity (Wildman–Crippen MR) is 79.4 cm³/mol. The van der Waals surface area contributed by atoms with Crippen molar-refractivity contribution in [1.29, 1.82) is 0 Å². The highest BCUT2D eigenvalue weighted by Crippen LogP contribution is 2.39. The lowest BCUT2D eigenvalue weighted by atomic mass is 10.0. The maximum atomic E-state index is 13.5. The molecule has 0 radical (unpaired) electrons. The molecule has 5 heteroatoms. The van der Waals surface area contributed by atoms with Crippen LogP contribution in [-0.4, -0.2) is 5.16 Å². The van der Waals surface area contributed by atoms with E-state index >= 15 is 0 Å². The molecule has 20 heavy (non-hydrogen) atoms. The van der Waals surface area contributed by atoms with Gasteiger partial charge >= 0.3 is 0 Å². The monoisotopic (exact) mass is 332 g/mol. The van der Waals surface area contributed by atoms with Crippen molar-refractivity contribution in [3.05, 3.63) is 58.8 Å². The van der Waals surface area contributed by atoms with Gasteiger partial charge in [-0.1, -0.05) is 51.4 Å². The number of hydrogen-bond acceptors (Lipinski definition) is 3. The Morgan fingerprint density at radius 1 is 1.10 bits per heavy atom. The van der Waals surface area contributed by atoms with Crippen molar-refractivity contribution in [3.63, 3.8) is 0 Å². The van der Waals surface area contributed by atoms with E-state index in [1.165, 1.54) is 12.1 Å². The van der Waals surface area contributed by atoms with E-state index in [0.717, 1.165) is 5.56 Å². The summed E-state index contributed by atoms with van der Waals surface area (Å²) >= 11 is 3.39. The first kappa shape index (κ1) is 12.9. The predicted octanol–water partition coefficient (Wildman–Crippen LogP) is 4.49. The van der Waals surface area contributed by atoms with Gasteiger partial charge in [-0.2, -0.15) is 0 Å². The minimum atomic E-state index is -0.350. The van der Waals surface area contributed by atoms with Crippen molar-refractivity contribution in [1.82, 2.24) is 5.16 Å². The van der Waals surface area contributed by atoms with Gasteiger partial charge in [-0.15, -0.1) is 0 Å². The third kappa shape index (κ3) is 2.20. The Labute approximate surface area is 123 Å². The SMILES string of the molecule is Nc1noc(-c2cc(F)ccc2Br)c1-c1ccccc1. The normalized spacial score (nSPS) is 10.7. The Hall–Kier alpha value is -2.14. The first-order valence-corrected chi connectivity index (χ1v) is 6.72. The van der Waals surface area contributed by atoms with Crippen molar-refractivity contribution >= 4 is 21.7 Å². The number of anilines is 1. The summed E-state index contributed by atoms with van der Waals surface area (Å²) in [4.78, 5) is 0. The topological polar surface area (TPSA) is 52.0 Å². The largest absolute Gasteiger partial charge is 0.380 e. The zero-order chi connectivity index (χ0) is 14.1. The Kier molecular flexibility index (Phi) is 3.28. The fourth-order valence-corrected chi connectivity index (χ4v) is 2.47. The van der Waals surface area contributed by atoms with E-state index in [2.05, 4.69) is 21.1 Å². The molecule has 0 aliphatic heterocycles. The van der Waals surface area contributed by atoms with Crippen LogP contribution in [0.2, 0.25) is 0 Å². The van der Waals surface area contributed by atoms with Crippen LogP contribution in [0.4, 0.5) is 10.2 Å². The van der Waals surface area contributed by atoms with Gasteiger partial charge in [0.15, 0.2) is 11.6 Å². The molecule has 3 aromatic rings. The lowest BCUT2D eigenvalue weighted by Gasteiger charge is -2.05. The van der Waals surface area contributed by atoms with E-state index in [9.17, 15) is 4.39 Å². The summed E-state index contributed by atoms with van der Waals surface area (Å²) in [6, 6.07) is 13.9. The highest BCUT2D eigenvalue weighted by atomic mass is 79.9. The highest BCUT2D eigenvalue weighted by Gasteiger charge is 2.19. The van der Waals surface area contributed by atoms with Gasteiger partial charge in [-0.25, -0.2) is 4.39 Å². The van der Waals surface area contributed by atoms with Gasteiger partial charge in [0.1, 0.15) is 5.82 Å². The minimum Gasteiger partial charge on any atom is -0.380 e. The van der Waals surface area contributed by atoms with Gasteiger partial charge in [-0.3, -0.25) is 0 Å². The Morgan fingerprint density at radius 3 is 2.60 bits per heavy atom. The molecule has 0 amide bonds. The first-order valence-electron chi connectivity index (χ1n) is 5.93. The zero-order valence-corrected chi connectivity index (χ0v) is 11.9. The van der Waals surface area contributed by atoms with Gasteiger partial charge < -0.3 is 10.3 Å². The second-order valence-electron chi connectivity index (χ2n) is 4.26. The van der Waals surface area contributed by atoms with Gasteiger partial charge in [0.25, 0.3) is 0 Å². The third-order valence-electron chi connectivity index (χ3n) is 2.95. The summed E-state index contributed by atoms with van der Waals surface area (Å²) in [5.41, 5.74) is 8.00. The van der Waals surface area contributed by atoms with E-state index in [1.807, 2.05) is 30.3 Å². The number of halogens is 2. The molecular formula is C15H10BrFN2O. The fourth-order valence-electron chi connectivity index (χ4n) is 2.04. The Bertz CT molecular complexity index is 756. The standard InChI is InChI=1S/C15H10BrFN2O/c16-12-7-6-10(17)8-11(12)14-13(15(18)19-20-14)9-4-2-1-3-5-9/h1-8H,(H2,18,19). The lowest BCUT2D eigenvalue weighted by Crippen LogP contribution is -1.89. The van der Waals surface area contributed by atoms with Crippen molar-refractivity contribution in [2.24, 2.45) is 0 Å². The summed E-state index contributed by atoms with van der Waals surface area (Å²) in [6.07, 6.45) is 0. The van der Waals surface area contributed by atoms with Crippen molar-refractivity contribution in [3.8, 4) is 22.5 Å². The number of aromatic nitrogens is 1. The molecule has 0 saturated carbocycles. The van der Waals surface area contributed by atoms with E-state index in [-0.39, 0.29) is 11.6 Å². The van der Waals surface area contributed by atoms with Crippen LogP contribution in [0, 0.1) is 5.82 Å². The average molecular weight is 333 g/mol. The molecule has 0 bridgehead atoms. The van der Waals surface area contributed by atoms with Crippen molar-refractivity contribution < 1.29 is 8.91 Å². The van der Waals surface area contributed by atoms with Crippen LogP contribution in [0.5, 0.6) is 0 Å². The van der Waals surface area contributed by atoms with Crippen molar-refractivity contribution in [2.45, 2.75) is 0 Å². The molecule has 1 heterocycles. The molecule has 0 aliphatic rings. The van der Waals surface area contributed by atoms with Crippen LogP contribution in [0.1, 0.15) is 0 Å². The number of nitrogens with zero attached hydrogens (tertiary/aromatic N) is 1. The molecule has 3 nitrogen and oxygen atoms in total. The molecule has 3 rings (SSSR count). The van der Waals surface area contributed by atoms with E-state index in [4.69, 9.17) is 10.3 Å². The van der Waals surface area contributed by atoms with Crippen LogP contribution in [0.3, 0.4) is 0 Å². The first-order chi connectivity index (χ1) is 9.66. The van der Waals surface area contributed by atoms with Crippen LogP contribution >= 0.6 is 15.9 Å². The number of benzene rings is 2. The maximum absolute atomic E-state index is 13.5. The minimum absolute atomic E-state index is 0.280. The molecular weight excluding hydrogens is 323 g/mol. The third-order valence-corrected chi connectivity index (χ3v) is 3.65. The summed E-state index contributed by atoms with van der Waals surface area (Å²) in [7, 11) is 0. The van der Waals surface area contributed by atoms with E-state index in [1.54, 1.807) is 6.07 Å². The Balaban J connectivity index is 2.24. The van der Waals surface area contributed by atoms with Gasteiger partial charge in [0.2, 0.25) is 0 Å². The lowest BCUT2D eigenvalue weighted by molar-refractivity contribution is 0.435. The summed E-state index contributed by atoms with van der Waals surface area (Å²) < 4.78 is 19.5. The summed E-state index contributed by atoms with van der Waals surface area (Å²) in [6.45, 7) is 0. The molecule has 0 saturated heterocycles. The number of nitrogen functional groups attached to an aromatic ring is 1. The molecule has 0 fully saturated rings. The summed E-state index contributed by atoms with van der Waals surface area (Å²) in [5, 5.41) is 3.80. The number of nitrogens with two attached hydrogens (primary N) is 1. The quantitative estimate of drug-likeness (QED) is 0.752. The van der Waals surface area contributed by atoms with Crippen LogP contribution < -0.4 is 5.73 Å². The van der Waals surface area contributed by atoms with Gasteiger partial charge in [0, 0.05) is 10.0 Å². The fraction of sp³-hybridized carbons (Fsp3) is 0. The molecule has 2 aromatic carbocycles. The second kappa shape index (κ2) is 5.09. The molecule has 0 aliphatic carbocycles. The number of hydrogen-bond donors (Lipinski definition) is 1. The van der Waals surface area contributed by atoms with Crippen molar-refractivity contribution in [2.75, 3.05) is 5.73 Å². The average Bonchev–Trinajstić information content (AvgIpc) is 2.84. The number of rotatable bonds is 2. The zero-order valence-electron chi connectivity index (χ0n) is 10.3. The smallest absolute Gasteiger partial charge is 0.178 e. The van der Waals surface area contributed by atoms with Crippen LogP contribution in [0.15, 0.2) is 57.5 Å². The van der Waals surface area contributed by atoms with Crippen LogP contribution in [-0.2, 0) is 0 Å². The van der Waals surface area contributed by atoms with E-state index in [0.29, 0.717) is 21.4 Å². The van der Waals surface area contributed by atoms with E-state index < -0.39 is 0 Å². The maximum Gasteiger partial charge on any atom is 0.178 e. The second-order valence-corrected chi connectivity index (χ2v) is 5.12. The summed E-state index contributed by atoms with van der Waals surface area (Å²) in [5.74, 6) is 0.375. The van der Waals surface area contributed by atoms with Gasteiger partial charge in [-0.05, 0) is 23.8 Å². The van der Waals surface area contributed by atoms with Gasteiger partial charge in [0.05, 0.1) is 5.56 Å². The highest BCUT2D eigenvalue weighted by molar-refractivity contribution is 9.10.